The number of aromatic nitrogens is 2. The van der Waals surface area contributed by atoms with E-state index in [0.29, 0.717) is 11.7 Å². The van der Waals surface area contributed by atoms with Gasteiger partial charge in [0.05, 0.1) is 6.04 Å². The van der Waals surface area contributed by atoms with Crippen molar-refractivity contribution < 1.29 is 0 Å². The van der Waals surface area contributed by atoms with E-state index in [1.807, 2.05) is 0 Å². The smallest absolute Gasteiger partial charge is 0.167 e. The Labute approximate surface area is 102 Å². The lowest BCUT2D eigenvalue weighted by Gasteiger charge is -2.25. The lowest BCUT2D eigenvalue weighted by Crippen LogP contribution is -2.26. The van der Waals surface area contributed by atoms with Gasteiger partial charge in [0.25, 0.3) is 0 Å². The summed E-state index contributed by atoms with van der Waals surface area (Å²) in [6, 6.07) is 2.78. The van der Waals surface area contributed by atoms with Crippen molar-refractivity contribution in [2.75, 3.05) is 6.54 Å². The van der Waals surface area contributed by atoms with Crippen molar-refractivity contribution in [3.8, 4) is 6.07 Å². The van der Waals surface area contributed by atoms with Gasteiger partial charge in [0.15, 0.2) is 5.69 Å². The van der Waals surface area contributed by atoms with Crippen molar-refractivity contribution in [1.82, 2.24) is 15.1 Å². The molecule has 4 nitrogen and oxygen atoms in total. The van der Waals surface area contributed by atoms with Crippen LogP contribution in [0.5, 0.6) is 0 Å². The average molecular weight is 230 g/mol. The van der Waals surface area contributed by atoms with Crippen molar-refractivity contribution in [2.45, 2.75) is 51.1 Å². The molecule has 1 aromatic rings. The first kappa shape index (κ1) is 10.8. The number of nitrogens with one attached hydrogen (secondary N) is 1. The number of nitrogens with zero attached hydrogens (tertiary/aromatic N) is 3. The third-order valence-electron chi connectivity index (χ3n) is 3.99. The van der Waals surface area contributed by atoms with E-state index in [9.17, 15) is 0 Å². The summed E-state index contributed by atoms with van der Waals surface area (Å²) in [7, 11) is 0. The molecule has 0 spiro atoms. The second-order valence-electron chi connectivity index (χ2n) is 5.05. The van der Waals surface area contributed by atoms with Crippen LogP contribution in [-0.4, -0.2) is 16.3 Å². The van der Waals surface area contributed by atoms with Crippen LogP contribution in [0.2, 0.25) is 0 Å². The Bertz CT molecular complexity index is 449. The maximum atomic E-state index is 9.15. The first-order valence-electron chi connectivity index (χ1n) is 6.61. The average Bonchev–Trinajstić information content (AvgIpc) is 2.78. The Hall–Kier alpha value is -1.34. The van der Waals surface area contributed by atoms with Crippen LogP contribution in [0.3, 0.4) is 0 Å². The molecule has 0 unspecified atom stereocenters. The fraction of sp³-hybridized carbons (Fsp3) is 0.692. The molecular formula is C13H18N4. The standard InChI is InChI=1S/C13H18N4/c14-8-12-11-9-15-7-6-13(11)17(16-12)10-4-2-1-3-5-10/h10,15H,1-7,9H2. The van der Waals surface area contributed by atoms with E-state index in [1.54, 1.807) is 0 Å². The van der Waals surface area contributed by atoms with Gasteiger partial charge in [0.2, 0.25) is 0 Å². The summed E-state index contributed by atoms with van der Waals surface area (Å²) in [6.07, 6.45) is 7.44. The van der Waals surface area contributed by atoms with Gasteiger partial charge >= 0.3 is 0 Å². The number of hydrogen-bond donors (Lipinski definition) is 1. The van der Waals surface area contributed by atoms with Gasteiger partial charge < -0.3 is 5.32 Å². The van der Waals surface area contributed by atoms with Crippen molar-refractivity contribution >= 4 is 0 Å². The summed E-state index contributed by atoms with van der Waals surface area (Å²) in [5.41, 5.74) is 3.09. The molecule has 0 aromatic carbocycles. The maximum absolute atomic E-state index is 9.15. The number of rotatable bonds is 1. The molecule has 3 rings (SSSR count). The highest BCUT2D eigenvalue weighted by Crippen LogP contribution is 2.31. The van der Waals surface area contributed by atoms with Crippen molar-refractivity contribution in [1.29, 1.82) is 5.26 Å². The summed E-state index contributed by atoms with van der Waals surface area (Å²) in [4.78, 5) is 0. The molecule has 2 aliphatic rings. The highest BCUT2D eigenvalue weighted by molar-refractivity contribution is 5.36. The second kappa shape index (κ2) is 4.50. The Kier molecular flexibility index (Phi) is 2.86. The molecular weight excluding hydrogens is 212 g/mol. The summed E-state index contributed by atoms with van der Waals surface area (Å²) in [6.45, 7) is 1.82. The van der Waals surface area contributed by atoms with Gasteiger partial charge in [0, 0.05) is 30.8 Å². The Morgan fingerprint density at radius 2 is 2.12 bits per heavy atom. The molecule has 1 aromatic heterocycles. The minimum Gasteiger partial charge on any atom is -0.312 e. The highest BCUT2D eigenvalue weighted by Gasteiger charge is 2.25. The lowest BCUT2D eigenvalue weighted by atomic mass is 9.95. The first-order chi connectivity index (χ1) is 8.40. The molecule has 1 N–H and O–H groups in total. The normalized spacial score (nSPS) is 20.9. The van der Waals surface area contributed by atoms with Gasteiger partial charge in [-0.15, -0.1) is 0 Å². The summed E-state index contributed by atoms with van der Waals surface area (Å²) in [5, 5.41) is 17.0. The molecule has 4 heteroatoms. The maximum Gasteiger partial charge on any atom is 0.167 e. The molecule has 1 aliphatic carbocycles. The highest BCUT2D eigenvalue weighted by atomic mass is 15.3. The third-order valence-corrected chi connectivity index (χ3v) is 3.99. The monoisotopic (exact) mass is 230 g/mol. The summed E-state index contributed by atoms with van der Waals surface area (Å²) >= 11 is 0. The molecule has 1 saturated carbocycles. The van der Waals surface area contributed by atoms with Crippen LogP contribution < -0.4 is 5.32 Å². The lowest BCUT2D eigenvalue weighted by molar-refractivity contribution is 0.319. The molecule has 0 radical (unpaired) electrons. The van der Waals surface area contributed by atoms with Gasteiger partial charge in [-0.3, -0.25) is 4.68 Å². The number of fused-ring (bicyclic) bond motifs is 1. The first-order valence-corrected chi connectivity index (χ1v) is 6.61. The second-order valence-corrected chi connectivity index (χ2v) is 5.05. The van der Waals surface area contributed by atoms with Crippen LogP contribution in [0.25, 0.3) is 0 Å². The van der Waals surface area contributed by atoms with Crippen LogP contribution in [0.4, 0.5) is 0 Å². The minimum atomic E-state index is 0.540. The topological polar surface area (TPSA) is 53.6 Å². The fourth-order valence-electron chi connectivity index (χ4n) is 3.09. The molecule has 0 bridgehead atoms. The van der Waals surface area contributed by atoms with E-state index < -0.39 is 0 Å². The van der Waals surface area contributed by atoms with E-state index in [1.165, 1.54) is 37.8 Å². The van der Waals surface area contributed by atoms with Gasteiger partial charge in [-0.05, 0) is 12.8 Å². The molecule has 17 heavy (non-hydrogen) atoms. The molecule has 1 fully saturated rings. The molecule has 0 amide bonds. The molecule has 0 saturated heterocycles. The van der Waals surface area contributed by atoms with E-state index in [0.717, 1.165) is 25.1 Å². The zero-order chi connectivity index (χ0) is 11.7. The Morgan fingerprint density at radius 3 is 2.88 bits per heavy atom. The molecule has 2 heterocycles. The fourth-order valence-corrected chi connectivity index (χ4v) is 3.09. The predicted octanol–water partition coefficient (Wildman–Crippen LogP) is 1.91. The number of hydrogen-bond acceptors (Lipinski definition) is 3. The van der Waals surface area contributed by atoms with E-state index in [4.69, 9.17) is 5.26 Å². The zero-order valence-electron chi connectivity index (χ0n) is 10.1. The van der Waals surface area contributed by atoms with Crippen molar-refractivity contribution in [3.63, 3.8) is 0 Å². The van der Waals surface area contributed by atoms with Crippen molar-refractivity contribution in [3.05, 3.63) is 17.0 Å². The number of nitriles is 1. The largest absolute Gasteiger partial charge is 0.312 e. The Balaban J connectivity index is 1.98. The van der Waals surface area contributed by atoms with E-state index in [2.05, 4.69) is 21.2 Å². The van der Waals surface area contributed by atoms with Gasteiger partial charge in [-0.1, -0.05) is 19.3 Å². The minimum absolute atomic E-state index is 0.540. The zero-order valence-corrected chi connectivity index (χ0v) is 10.1. The third kappa shape index (κ3) is 1.85. The molecule has 90 valence electrons. The molecule has 0 atom stereocenters. The van der Waals surface area contributed by atoms with Gasteiger partial charge in [-0.25, -0.2) is 0 Å². The van der Waals surface area contributed by atoms with Crippen molar-refractivity contribution in [2.24, 2.45) is 0 Å². The summed E-state index contributed by atoms with van der Waals surface area (Å²) < 4.78 is 2.17. The SMILES string of the molecule is N#Cc1nn(C2CCCCC2)c2c1CNCC2. The predicted molar refractivity (Wildman–Crippen MR) is 64.5 cm³/mol. The van der Waals surface area contributed by atoms with Crippen LogP contribution in [0.1, 0.15) is 55.1 Å². The van der Waals surface area contributed by atoms with Crippen LogP contribution in [0, 0.1) is 11.3 Å². The van der Waals surface area contributed by atoms with Gasteiger partial charge in [0.1, 0.15) is 6.07 Å². The van der Waals surface area contributed by atoms with Crippen LogP contribution in [-0.2, 0) is 13.0 Å². The molecule has 1 aliphatic heterocycles. The van der Waals surface area contributed by atoms with Gasteiger partial charge in [-0.2, -0.15) is 10.4 Å². The quantitative estimate of drug-likeness (QED) is 0.801. The van der Waals surface area contributed by atoms with Crippen LogP contribution in [0.15, 0.2) is 0 Å². The summed E-state index contributed by atoms with van der Waals surface area (Å²) in [5.74, 6) is 0. The Morgan fingerprint density at radius 1 is 1.29 bits per heavy atom. The van der Waals surface area contributed by atoms with E-state index in [-0.39, 0.29) is 0 Å². The van der Waals surface area contributed by atoms with E-state index >= 15 is 0 Å². The van der Waals surface area contributed by atoms with Crippen LogP contribution >= 0.6 is 0 Å².